The standard InChI is InChI=1S/C23H19N5O2/c29-28(30)21-22(26-19-12-5-9-16-7-1-3-11-18(16)19)24-15-25-23(21)27-14-6-10-17-8-2-4-13-20(17)27/h1-5,7-9,11-13,15H,6,10,14H2,(H,24,25,26). The van der Waals surface area contributed by atoms with E-state index in [0.717, 1.165) is 35.0 Å². The molecule has 7 heteroatoms. The van der Waals surface area contributed by atoms with Crippen LogP contribution in [0.15, 0.2) is 73.1 Å². The van der Waals surface area contributed by atoms with Crippen molar-refractivity contribution in [2.75, 3.05) is 16.8 Å². The molecule has 0 bridgehead atoms. The SMILES string of the molecule is O=[N+]([O-])c1c(Nc2cccc3ccccc23)ncnc1N1CCCc2ccccc21. The summed E-state index contributed by atoms with van der Waals surface area (Å²) in [5, 5.41) is 17.3. The number of benzene rings is 3. The molecule has 30 heavy (non-hydrogen) atoms. The van der Waals surface area contributed by atoms with Crippen molar-refractivity contribution in [3.63, 3.8) is 0 Å². The van der Waals surface area contributed by atoms with Crippen molar-refractivity contribution in [1.82, 2.24) is 9.97 Å². The van der Waals surface area contributed by atoms with E-state index < -0.39 is 4.92 Å². The Kier molecular flexibility index (Phi) is 4.48. The van der Waals surface area contributed by atoms with Gasteiger partial charge in [-0.1, -0.05) is 54.6 Å². The quantitative estimate of drug-likeness (QED) is 0.368. The first kappa shape index (κ1) is 18.1. The highest BCUT2D eigenvalue weighted by Crippen LogP contribution is 2.40. The third-order valence-corrected chi connectivity index (χ3v) is 5.39. The van der Waals surface area contributed by atoms with Crippen molar-refractivity contribution < 1.29 is 4.92 Å². The summed E-state index contributed by atoms with van der Waals surface area (Å²) in [5.74, 6) is 0.495. The summed E-state index contributed by atoms with van der Waals surface area (Å²) >= 11 is 0. The highest BCUT2D eigenvalue weighted by Gasteiger charge is 2.30. The molecule has 0 unspecified atom stereocenters. The Morgan fingerprint density at radius 3 is 2.67 bits per heavy atom. The van der Waals surface area contributed by atoms with Crippen LogP contribution in [0.3, 0.4) is 0 Å². The molecule has 0 saturated heterocycles. The lowest BCUT2D eigenvalue weighted by molar-refractivity contribution is -0.383. The number of fused-ring (bicyclic) bond motifs is 2. The van der Waals surface area contributed by atoms with Crippen molar-refractivity contribution in [3.8, 4) is 0 Å². The number of aromatic nitrogens is 2. The molecule has 148 valence electrons. The van der Waals surface area contributed by atoms with Gasteiger partial charge in [0.05, 0.1) is 4.92 Å². The Morgan fingerprint density at radius 1 is 0.967 bits per heavy atom. The van der Waals surface area contributed by atoms with Crippen molar-refractivity contribution in [1.29, 1.82) is 0 Å². The second-order valence-electron chi connectivity index (χ2n) is 7.19. The fourth-order valence-corrected chi connectivity index (χ4v) is 4.04. The van der Waals surface area contributed by atoms with Gasteiger partial charge in [0.25, 0.3) is 0 Å². The summed E-state index contributed by atoms with van der Waals surface area (Å²) in [4.78, 5) is 22.2. The van der Waals surface area contributed by atoms with Crippen LogP contribution in [0.2, 0.25) is 0 Å². The molecule has 0 spiro atoms. The number of anilines is 4. The monoisotopic (exact) mass is 397 g/mol. The molecule has 1 aliphatic rings. The molecule has 4 aromatic rings. The third kappa shape index (κ3) is 3.10. The van der Waals surface area contributed by atoms with Crippen LogP contribution in [0.25, 0.3) is 10.8 Å². The smallest absolute Gasteiger partial charge is 0.334 e. The Labute approximate surface area is 173 Å². The molecular formula is C23H19N5O2. The molecule has 5 rings (SSSR count). The molecule has 1 aliphatic heterocycles. The number of hydrogen-bond donors (Lipinski definition) is 1. The first-order valence-corrected chi connectivity index (χ1v) is 9.82. The van der Waals surface area contributed by atoms with Gasteiger partial charge in [-0.2, -0.15) is 0 Å². The average molecular weight is 397 g/mol. The maximum Gasteiger partial charge on any atom is 0.354 e. The van der Waals surface area contributed by atoms with E-state index in [4.69, 9.17) is 0 Å². The minimum atomic E-state index is -0.403. The van der Waals surface area contributed by atoms with Crippen molar-refractivity contribution in [3.05, 3.63) is 88.7 Å². The molecule has 0 saturated carbocycles. The van der Waals surface area contributed by atoms with E-state index in [9.17, 15) is 10.1 Å². The Balaban J connectivity index is 1.62. The lowest BCUT2D eigenvalue weighted by Crippen LogP contribution is -2.26. The molecule has 1 aromatic heterocycles. The van der Waals surface area contributed by atoms with Crippen LogP contribution >= 0.6 is 0 Å². The van der Waals surface area contributed by atoms with Crippen molar-refractivity contribution in [2.45, 2.75) is 12.8 Å². The minimum absolute atomic E-state index is 0.123. The summed E-state index contributed by atoms with van der Waals surface area (Å²) in [6.45, 7) is 0.669. The van der Waals surface area contributed by atoms with E-state index in [1.165, 1.54) is 11.9 Å². The van der Waals surface area contributed by atoms with Gasteiger partial charge in [-0.25, -0.2) is 9.97 Å². The van der Waals surface area contributed by atoms with Gasteiger partial charge in [0.1, 0.15) is 6.33 Å². The first-order valence-electron chi connectivity index (χ1n) is 9.82. The van der Waals surface area contributed by atoms with Crippen LogP contribution in [-0.2, 0) is 6.42 Å². The van der Waals surface area contributed by atoms with Gasteiger partial charge >= 0.3 is 5.69 Å². The van der Waals surface area contributed by atoms with E-state index in [1.807, 2.05) is 65.6 Å². The van der Waals surface area contributed by atoms with Gasteiger partial charge in [0.15, 0.2) is 0 Å². The number of nitro groups is 1. The largest absolute Gasteiger partial charge is 0.354 e. The van der Waals surface area contributed by atoms with Gasteiger partial charge in [-0.3, -0.25) is 10.1 Å². The van der Waals surface area contributed by atoms with Crippen LogP contribution in [0.1, 0.15) is 12.0 Å². The number of para-hydroxylation sites is 1. The van der Waals surface area contributed by atoms with Gasteiger partial charge in [0.2, 0.25) is 11.6 Å². The summed E-state index contributed by atoms with van der Waals surface area (Å²) in [6, 6.07) is 21.7. The Hall–Kier alpha value is -4.00. The summed E-state index contributed by atoms with van der Waals surface area (Å²) < 4.78 is 0. The lowest BCUT2D eigenvalue weighted by Gasteiger charge is -2.30. The molecule has 7 nitrogen and oxygen atoms in total. The highest BCUT2D eigenvalue weighted by molar-refractivity contribution is 5.96. The molecule has 0 amide bonds. The Morgan fingerprint density at radius 2 is 1.77 bits per heavy atom. The number of rotatable bonds is 4. The topological polar surface area (TPSA) is 84.2 Å². The normalized spacial score (nSPS) is 13.1. The van der Waals surface area contributed by atoms with E-state index in [0.29, 0.717) is 12.4 Å². The number of hydrogen-bond acceptors (Lipinski definition) is 6. The predicted molar refractivity (Wildman–Crippen MR) is 118 cm³/mol. The van der Waals surface area contributed by atoms with Gasteiger partial charge in [0, 0.05) is 23.3 Å². The molecule has 1 N–H and O–H groups in total. The fourth-order valence-electron chi connectivity index (χ4n) is 4.04. The average Bonchev–Trinajstić information content (AvgIpc) is 2.78. The van der Waals surface area contributed by atoms with Crippen molar-refractivity contribution in [2.24, 2.45) is 0 Å². The molecule has 2 heterocycles. The van der Waals surface area contributed by atoms with Crippen LogP contribution in [0.4, 0.5) is 28.7 Å². The number of nitrogens with one attached hydrogen (secondary N) is 1. The van der Waals surface area contributed by atoms with Crippen LogP contribution < -0.4 is 10.2 Å². The maximum atomic E-state index is 12.1. The highest BCUT2D eigenvalue weighted by atomic mass is 16.6. The summed E-state index contributed by atoms with van der Waals surface area (Å²) in [6.07, 6.45) is 3.24. The van der Waals surface area contributed by atoms with E-state index in [1.54, 1.807) is 0 Å². The lowest BCUT2D eigenvalue weighted by atomic mass is 10.0. The second kappa shape index (κ2) is 7.44. The summed E-state index contributed by atoms with van der Waals surface area (Å²) in [7, 11) is 0. The fraction of sp³-hybridized carbons (Fsp3) is 0.130. The number of nitrogens with zero attached hydrogens (tertiary/aromatic N) is 4. The van der Waals surface area contributed by atoms with Gasteiger partial charge < -0.3 is 10.2 Å². The van der Waals surface area contributed by atoms with Crippen LogP contribution in [0, 0.1) is 10.1 Å². The van der Waals surface area contributed by atoms with Gasteiger partial charge in [-0.15, -0.1) is 0 Å². The molecule has 0 fully saturated rings. The van der Waals surface area contributed by atoms with Crippen LogP contribution in [0.5, 0.6) is 0 Å². The molecular weight excluding hydrogens is 378 g/mol. The zero-order valence-corrected chi connectivity index (χ0v) is 16.2. The van der Waals surface area contributed by atoms with Crippen LogP contribution in [-0.4, -0.2) is 21.4 Å². The maximum absolute atomic E-state index is 12.1. The zero-order chi connectivity index (χ0) is 20.5. The number of aryl methyl sites for hydroxylation is 1. The van der Waals surface area contributed by atoms with E-state index in [2.05, 4.69) is 21.4 Å². The molecule has 0 atom stereocenters. The molecule has 3 aromatic carbocycles. The molecule has 0 radical (unpaired) electrons. The van der Waals surface area contributed by atoms with Gasteiger partial charge in [-0.05, 0) is 35.9 Å². The van der Waals surface area contributed by atoms with Crippen molar-refractivity contribution >= 4 is 39.5 Å². The summed E-state index contributed by atoms with van der Waals surface area (Å²) in [5.41, 5.74) is 2.77. The predicted octanol–water partition coefficient (Wildman–Crippen LogP) is 5.37. The first-order chi connectivity index (χ1) is 14.7. The van der Waals surface area contributed by atoms with E-state index >= 15 is 0 Å². The Bertz CT molecular complexity index is 1250. The molecule has 0 aliphatic carbocycles. The third-order valence-electron chi connectivity index (χ3n) is 5.39. The second-order valence-corrected chi connectivity index (χ2v) is 7.19. The van der Waals surface area contributed by atoms with E-state index in [-0.39, 0.29) is 11.5 Å². The minimum Gasteiger partial charge on any atom is -0.334 e. The zero-order valence-electron chi connectivity index (χ0n) is 16.2.